The summed E-state index contributed by atoms with van der Waals surface area (Å²) in [6, 6.07) is 13.6. The van der Waals surface area contributed by atoms with Crippen molar-refractivity contribution in [2.24, 2.45) is 0 Å². The molecule has 9 nitrogen and oxygen atoms in total. The van der Waals surface area contributed by atoms with E-state index in [0.29, 0.717) is 16.8 Å². The van der Waals surface area contributed by atoms with Crippen molar-refractivity contribution in [3.8, 4) is 0 Å². The molecule has 0 saturated carbocycles. The zero-order valence-electron chi connectivity index (χ0n) is 17.2. The number of hydrogen-bond acceptors (Lipinski definition) is 4. The van der Waals surface area contributed by atoms with Crippen molar-refractivity contribution in [3.05, 3.63) is 71.6 Å². The van der Waals surface area contributed by atoms with Crippen LogP contribution < -0.4 is 10.6 Å². The number of aryl methyl sites for hydroxylation is 1. The van der Waals surface area contributed by atoms with Gasteiger partial charge in [-0.05, 0) is 31.2 Å². The van der Waals surface area contributed by atoms with E-state index in [1.54, 1.807) is 47.2 Å². The van der Waals surface area contributed by atoms with E-state index >= 15 is 0 Å². The number of carboxylic acids is 1. The van der Waals surface area contributed by atoms with Crippen molar-refractivity contribution in [1.82, 2.24) is 14.8 Å². The van der Waals surface area contributed by atoms with Gasteiger partial charge in [0.15, 0.2) is 0 Å². The molecule has 0 bridgehead atoms. The van der Waals surface area contributed by atoms with E-state index < -0.39 is 30.4 Å². The number of carbonyl (C=O) groups excluding carboxylic acids is 3. The fourth-order valence-electron chi connectivity index (χ4n) is 3.52. The number of benzene rings is 2. The molecular formula is C23H20N4O5. The van der Waals surface area contributed by atoms with Crippen LogP contribution in [0.4, 0.5) is 10.5 Å². The molecule has 1 aromatic heterocycles. The number of rotatable bonds is 6. The Morgan fingerprint density at radius 3 is 2.50 bits per heavy atom. The molecular weight excluding hydrogens is 412 g/mol. The summed E-state index contributed by atoms with van der Waals surface area (Å²) < 4.78 is 1.55. The Balaban J connectivity index is 1.54. The van der Waals surface area contributed by atoms with E-state index in [1.165, 1.54) is 6.08 Å². The van der Waals surface area contributed by atoms with Crippen LogP contribution in [0.25, 0.3) is 17.0 Å². The number of hydrogen-bond donors (Lipinski definition) is 3. The monoisotopic (exact) mass is 432 g/mol. The topological polar surface area (TPSA) is 121 Å². The largest absolute Gasteiger partial charge is 0.480 e. The van der Waals surface area contributed by atoms with Crippen LogP contribution in [0.2, 0.25) is 0 Å². The van der Waals surface area contributed by atoms with Crippen LogP contribution >= 0.6 is 0 Å². The lowest BCUT2D eigenvalue weighted by molar-refractivity contribution is -0.137. The van der Waals surface area contributed by atoms with Crippen molar-refractivity contribution >= 4 is 46.5 Å². The molecule has 0 atom stereocenters. The van der Waals surface area contributed by atoms with E-state index in [-0.39, 0.29) is 12.2 Å². The third kappa shape index (κ3) is 4.22. The molecule has 0 spiro atoms. The summed E-state index contributed by atoms with van der Waals surface area (Å²) in [5.41, 5.74) is 2.88. The fourth-order valence-corrected chi connectivity index (χ4v) is 3.52. The van der Waals surface area contributed by atoms with Gasteiger partial charge >= 0.3 is 12.0 Å². The van der Waals surface area contributed by atoms with Gasteiger partial charge in [-0.2, -0.15) is 0 Å². The number of nitrogens with one attached hydrogen (secondary N) is 2. The van der Waals surface area contributed by atoms with Gasteiger partial charge in [0.25, 0.3) is 5.91 Å². The summed E-state index contributed by atoms with van der Waals surface area (Å²) in [6.45, 7) is 1.25. The second-order valence-electron chi connectivity index (χ2n) is 7.42. The molecule has 2 aromatic carbocycles. The Bertz CT molecular complexity index is 1270. The zero-order chi connectivity index (χ0) is 22.8. The lowest BCUT2D eigenvalue weighted by Crippen LogP contribution is -2.38. The summed E-state index contributed by atoms with van der Waals surface area (Å²) in [4.78, 5) is 49.4. The van der Waals surface area contributed by atoms with Crippen molar-refractivity contribution < 1.29 is 24.3 Å². The number of carbonyl (C=O) groups is 4. The highest BCUT2D eigenvalue weighted by atomic mass is 16.4. The maximum absolute atomic E-state index is 12.8. The van der Waals surface area contributed by atoms with E-state index in [1.807, 2.05) is 19.1 Å². The highest BCUT2D eigenvalue weighted by Gasteiger charge is 2.35. The van der Waals surface area contributed by atoms with Crippen LogP contribution in [0.1, 0.15) is 11.1 Å². The molecule has 162 valence electrons. The highest BCUT2D eigenvalue weighted by Crippen LogP contribution is 2.24. The van der Waals surface area contributed by atoms with Crippen LogP contribution in [0.5, 0.6) is 0 Å². The molecule has 0 aliphatic carbocycles. The molecule has 3 aromatic rings. The predicted octanol–water partition coefficient (Wildman–Crippen LogP) is 2.57. The Morgan fingerprint density at radius 1 is 1.06 bits per heavy atom. The lowest BCUT2D eigenvalue weighted by atomic mass is 10.1. The van der Waals surface area contributed by atoms with E-state index in [9.17, 15) is 19.2 Å². The molecule has 0 unspecified atom stereocenters. The standard InChI is InChI=1S/C23H20N4O5/c1-14-6-8-16(9-7-14)24-20(28)12-27-22(31)18(25-23(27)32)10-15-11-26(13-21(29)30)19-5-3-2-4-17(15)19/h2-11H,12-13H2,1H3,(H,24,28)(H,25,32)(H,29,30). The van der Waals surface area contributed by atoms with Crippen molar-refractivity contribution in [3.63, 3.8) is 0 Å². The number of amides is 4. The van der Waals surface area contributed by atoms with Crippen LogP contribution in [0.15, 0.2) is 60.4 Å². The maximum atomic E-state index is 12.8. The lowest BCUT2D eigenvalue weighted by Gasteiger charge is -2.12. The number of aromatic nitrogens is 1. The Kier molecular flexibility index (Phi) is 5.46. The van der Waals surface area contributed by atoms with Gasteiger partial charge in [-0.1, -0.05) is 35.9 Å². The van der Waals surface area contributed by atoms with E-state index in [0.717, 1.165) is 15.8 Å². The Labute approximate surface area is 182 Å². The van der Waals surface area contributed by atoms with Gasteiger partial charge in [-0.15, -0.1) is 0 Å². The number of nitrogens with zero attached hydrogens (tertiary/aromatic N) is 2. The summed E-state index contributed by atoms with van der Waals surface area (Å²) in [5, 5.41) is 15.0. The SMILES string of the molecule is Cc1ccc(NC(=O)CN2C(=O)NC(=Cc3cn(CC(=O)O)c4ccccc34)C2=O)cc1. The van der Waals surface area contributed by atoms with Crippen LogP contribution in [-0.2, 0) is 20.9 Å². The smallest absolute Gasteiger partial charge is 0.329 e. The number of carboxylic acid groups (broad SMARTS) is 1. The number of aliphatic carboxylic acids is 1. The van der Waals surface area contributed by atoms with E-state index in [4.69, 9.17) is 5.11 Å². The van der Waals surface area contributed by atoms with E-state index in [2.05, 4.69) is 10.6 Å². The van der Waals surface area contributed by atoms with Gasteiger partial charge in [0, 0.05) is 28.4 Å². The van der Waals surface area contributed by atoms with Crippen LogP contribution in [0.3, 0.4) is 0 Å². The predicted molar refractivity (Wildman–Crippen MR) is 118 cm³/mol. The average molecular weight is 432 g/mol. The van der Waals surface area contributed by atoms with Crippen molar-refractivity contribution in [2.45, 2.75) is 13.5 Å². The normalized spacial score (nSPS) is 14.8. The molecule has 32 heavy (non-hydrogen) atoms. The molecule has 1 saturated heterocycles. The Morgan fingerprint density at radius 2 is 1.78 bits per heavy atom. The first-order valence-electron chi connectivity index (χ1n) is 9.82. The summed E-state index contributed by atoms with van der Waals surface area (Å²) >= 11 is 0. The number of fused-ring (bicyclic) bond motifs is 1. The number of urea groups is 1. The van der Waals surface area contributed by atoms with Crippen molar-refractivity contribution in [2.75, 3.05) is 11.9 Å². The second-order valence-corrected chi connectivity index (χ2v) is 7.42. The molecule has 9 heteroatoms. The quantitative estimate of drug-likeness (QED) is 0.408. The summed E-state index contributed by atoms with van der Waals surface area (Å²) in [5.74, 6) is -2.14. The molecule has 4 rings (SSSR count). The van der Waals surface area contributed by atoms with Gasteiger partial charge in [-0.25, -0.2) is 9.69 Å². The van der Waals surface area contributed by atoms with Gasteiger partial charge in [0.2, 0.25) is 5.91 Å². The highest BCUT2D eigenvalue weighted by molar-refractivity contribution is 6.16. The molecule has 1 aliphatic rings. The van der Waals surface area contributed by atoms with Crippen LogP contribution in [-0.4, -0.2) is 44.9 Å². The molecule has 1 fully saturated rings. The second kappa shape index (κ2) is 8.38. The zero-order valence-corrected chi connectivity index (χ0v) is 17.2. The van der Waals surface area contributed by atoms with Gasteiger partial charge in [-0.3, -0.25) is 14.4 Å². The van der Waals surface area contributed by atoms with Gasteiger partial charge in [0.05, 0.1) is 0 Å². The number of anilines is 1. The minimum absolute atomic E-state index is 0.0105. The maximum Gasteiger partial charge on any atom is 0.329 e. The summed E-state index contributed by atoms with van der Waals surface area (Å²) in [6.07, 6.45) is 3.09. The molecule has 4 amide bonds. The minimum Gasteiger partial charge on any atom is -0.480 e. The van der Waals surface area contributed by atoms with Gasteiger partial charge < -0.3 is 20.3 Å². The molecule has 1 aliphatic heterocycles. The van der Waals surface area contributed by atoms with Crippen molar-refractivity contribution in [1.29, 1.82) is 0 Å². The third-order valence-corrected chi connectivity index (χ3v) is 5.02. The Hall–Kier alpha value is -4.40. The van der Waals surface area contributed by atoms with Gasteiger partial charge in [0.1, 0.15) is 18.8 Å². The first-order valence-corrected chi connectivity index (χ1v) is 9.82. The number of para-hydroxylation sites is 1. The summed E-state index contributed by atoms with van der Waals surface area (Å²) in [7, 11) is 0. The third-order valence-electron chi connectivity index (χ3n) is 5.02. The first kappa shape index (κ1) is 20.9. The first-order chi connectivity index (χ1) is 15.3. The fraction of sp³-hybridized carbons (Fsp3) is 0.130. The minimum atomic E-state index is -0.999. The molecule has 3 N–H and O–H groups in total. The average Bonchev–Trinajstić information content (AvgIpc) is 3.22. The van der Waals surface area contributed by atoms with Crippen LogP contribution in [0, 0.1) is 6.92 Å². The number of imide groups is 1. The molecule has 2 heterocycles. The molecule has 0 radical (unpaired) electrons.